The summed E-state index contributed by atoms with van der Waals surface area (Å²) < 4.78 is 16.2. The molecule has 8 heteroatoms. The van der Waals surface area contributed by atoms with Crippen molar-refractivity contribution in [1.82, 2.24) is 9.97 Å². The van der Waals surface area contributed by atoms with Crippen LogP contribution in [0.1, 0.15) is 29.0 Å². The monoisotopic (exact) mass is 409 g/mol. The van der Waals surface area contributed by atoms with Gasteiger partial charge in [0.05, 0.1) is 18.2 Å². The molecule has 0 spiro atoms. The van der Waals surface area contributed by atoms with Crippen molar-refractivity contribution in [2.75, 3.05) is 19.2 Å². The molecule has 0 bridgehead atoms. The molecule has 1 aliphatic heterocycles. The molecule has 29 heavy (non-hydrogen) atoms. The minimum Gasteiger partial charge on any atom is -0.495 e. The molecule has 1 N–H and O–H groups in total. The summed E-state index contributed by atoms with van der Waals surface area (Å²) in [6.45, 7) is 0.223. The summed E-state index contributed by atoms with van der Waals surface area (Å²) in [6, 6.07) is 9.45. The van der Waals surface area contributed by atoms with Gasteiger partial charge in [-0.1, -0.05) is 6.07 Å². The van der Waals surface area contributed by atoms with E-state index in [0.717, 1.165) is 40.5 Å². The van der Waals surface area contributed by atoms with E-state index in [9.17, 15) is 4.79 Å². The van der Waals surface area contributed by atoms with E-state index >= 15 is 0 Å². The van der Waals surface area contributed by atoms with Crippen LogP contribution in [0.25, 0.3) is 0 Å². The van der Waals surface area contributed by atoms with Crippen molar-refractivity contribution >= 4 is 22.4 Å². The molecule has 3 heterocycles. The molecule has 0 saturated heterocycles. The van der Waals surface area contributed by atoms with Crippen LogP contribution in [0, 0.1) is 0 Å². The number of hydrogen-bond donors (Lipinski definition) is 1. The van der Waals surface area contributed by atoms with Gasteiger partial charge in [0, 0.05) is 23.7 Å². The number of methoxy groups -OCH3 is 1. The lowest BCUT2D eigenvalue weighted by atomic mass is 9.94. The Labute approximate surface area is 171 Å². The Balaban J connectivity index is 1.30. The molecule has 148 valence electrons. The van der Waals surface area contributed by atoms with Gasteiger partial charge in [-0.15, -0.1) is 11.3 Å². The Hall–Kier alpha value is -3.13. The first-order valence-electron chi connectivity index (χ1n) is 9.32. The predicted molar refractivity (Wildman–Crippen MR) is 108 cm³/mol. The van der Waals surface area contributed by atoms with E-state index < -0.39 is 5.41 Å². The van der Waals surface area contributed by atoms with Crippen molar-refractivity contribution in [2.24, 2.45) is 0 Å². The van der Waals surface area contributed by atoms with Crippen LogP contribution in [0.3, 0.4) is 0 Å². The first-order chi connectivity index (χ1) is 14.2. The number of hydrogen-bond acceptors (Lipinski definition) is 7. The Morgan fingerprint density at radius 1 is 1.24 bits per heavy atom. The van der Waals surface area contributed by atoms with Crippen molar-refractivity contribution in [3.8, 4) is 17.2 Å². The maximum Gasteiger partial charge on any atom is 0.236 e. The van der Waals surface area contributed by atoms with Crippen molar-refractivity contribution in [3.05, 3.63) is 58.9 Å². The average Bonchev–Trinajstić information content (AvgIpc) is 3.22. The third kappa shape index (κ3) is 3.29. The number of amides is 1. The largest absolute Gasteiger partial charge is 0.495 e. The number of carbonyl (C=O) groups excluding carboxylic acids is 1. The van der Waals surface area contributed by atoms with Gasteiger partial charge in [-0.3, -0.25) is 9.78 Å². The molecule has 1 aliphatic carbocycles. The number of anilines is 1. The van der Waals surface area contributed by atoms with Gasteiger partial charge in [0.1, 0.15) is 5.75 Å². The number of nitrogens with one attached hydrogen (secondary N) is 1. The molecular weight excluding hydrogens is 390 g/mol. The predicted octanol–water partition coefficient (Wildman–Crippen LogP) is 3.54. The molecule has 0 radical (unpaired) electrons. The van der Waals surface area contributed by atoms with Gasteiger partial charge in [0.25, 0.3) is 0 Å². The average molecular weight is 409 g/mol. The van der Waals surface area contributed by atoms with Crippen LogP contribution in [0.15, 0.2) is 42.7 Å². The third-order valence-corrected chi connectivity index (χ3v) is 6.21. The van der Waals surface area contributed by atoms with E-state index in [-0.39, 0.29) is 12.7 Å². The number of nitrogens with zero attached hydrogens (tertiary/aromatic N) is 2. The van der Waals surface area contributed by atoms with E-state index in [1.165, 1.54) is 11.3 Å². The van der Waals surface area contributed by atoms with E-state index in [1.807, 2.05) is 30.3 Å². The zero-order chi connectivity index (χ0) is 19.8. The number of aromatic nitrogens is 2. The highest BCUT2D eigenvalue weighted by atomic mass is 32.1. The van der Waals surface area contributed by atoms with Crippen LogP contribution >= 0.6 is 11.3 Å². The molecule has 1 saturated carbocycles. The van der Waals surface area contributed by atoms with Crippen LogP contribution in [-0.4, -0.2) is 29.8 Å². The minimum absolute atomic E-state index is 0.0346. The fraction of sp³-hybridized carbons (Fsp3) is 0.286. The highest BCUT2D eigenvalue weighted by molar-refractivity contribution is 7.15. The molecule has 7 nitrogen and oxygen atoms in total. The minimum atomic E-state index is -0.517. The third-order valence-electron chi connectivity index (χ3n) is 5.29. The summed E-state index contributed by atoms with van der Waals surface area (Å²) in [7, 11) is 1.63. The zero-order valence-electron chi connectivity index (χ0n) is 15.8. The zero-order valence-corrected chi connectivity index (χ0v) is 16.6. The van der Waals surface area contributed by atoms with Gasteiger partial charge in [0.2, 0.25) is 12.7 Å². The van der Waals surface area contributed by atoms with Gasteiger partial charge >= 0.3 is 0 Å². The molecular formula is C21H19N3O4S. The SMILES string of the molecule is COc1cccnc1Cc1cnc(NC(=O)C2(c3ccc4c(c3)OCO4)CC2)s1. The summed E-state index contributed by atoms with van der Waals surface area (Å²) in [5, 5.41) is 3.58. The second-order valence-corrected chi connectivity index (χ2v) is 8.18. The lowest BCUT2D eigenvalue weighted by molar-refractivity contribution is -0.118. The van der Waals surface area contributed by atoms with E-state index in [0.29, 0.717) is 17.3 Å². The second-order valence-electron chi connectivity index (χ2n) is 7.07. The van der Waals surface area contributed by atoms with Gasteiger partial charge in [-0.25, -0.2) is 4.98 Å². The smallest absolute Gasteiger partial charge is 0.236 e. The Morgan fingerprint density at radius 2 is 2.10 bits per heavy atom. The summed E-state index contributed by atoms with van der Waals surface area (Å²) in [5.74, 6) is 2.13. The normalized spacial score (nSPS) is 15.8. The molecule has 5 rings (SSSR count). The van der Waals surface area contributed by atoms with E-state index in [2.05, 4.69) is 15.3 Å². The molecule has 0 unspecified atom stereocenters. The van der Waals surface area contributed by atoms with Crippen LogP contribution in [0.2, 0.25) is 0 Å². The van der Waals surface area contributed by atoms with Gasteiger partial charge < -0.3 is 19.5 Å². The second kappa shape index (κ2) is 7.04. The van der Waals surface area contributed by atoms with Crippen LogP contribution < -0.4 is 19.5 Å². The van der Waals surface area contributed by atoms with E-state index in [1.54, 1.807) is 19.5 Å². The molecule has 2 aliphatic rings. The Bertz CT molecular complexity index is 1080. The summed E-state index contributed by atoms with van der Waals surface area (Å²) in [6.07, 6.45) is 5.73. The van der Waals surface area contributed by atoms with Crippen molar-refractivity contribution in [1.29, 1.82) is 0 Å². The number of benzene rings is 1. The lowest BCUT2D eigenvalue weighted by Crippen LogP contribution is -2.27. The summed E-state index contributed by atoms with van der Waals surface area (Å²) in [5.41, 5.74) is 1.28. The maximum atomic E-state index is 13.0. The van der Waals surface area contributed by atoms with Crippen LogP contribution in [-0.2, 0) is 16.6 Å². The van der Waals surface area contributed by atoms with Crippen molar-refractivity contribution in [2.45, 2.75) is 24.7 Å². The summed E-state index contributed by atoms with van der Waals surface area (Å²) in [4.78, 5) is 22.8. The number of thiazole rings is 1. The Morgan fingerprint density at radius 3 is 2.93 bits per heavy atom. The van der Waals surface area contributed by atoms with Crippen molar-refractivity contribution < 1.29 is 19.0 Å². The fourth-order valence-electron chi connectivity index (χ4n) is 3.54. The van der Waals surface area contributed by atoms with E-state index in [4.69, 9.17) is 14.2 Å². The lowest BCUT2D eigenvalue weighted by Gasteiger charge is -2.15. The number of rotatable bonds is 6. The quantitative estimate of drug-likeness (QED) is 0.671. The molecule has 1 aromatic carbocycles. The van der Waals surface area contributed by atoms with Gasteiger partial charge in [-0.05, 0) is 42.7 Å². The first-order valence-corrected chi connectivity index (χ1v) is 10.1. The molecule has 0 atom stereocenters. The number of pyridine rings is 1. The van der Waals surface area contributed by atoms with Crippen LogP contribution in [0.4, 0.5) is 5.13 Å². The highest BCUT2D eigenvalue weighted by Crippen LogP contribution is 2.51. The first kappa shape index (κ1) is 17.9. The van der Waals surface area contributed by atoms with Crippen LogP contribution in [0.5, 0.6) is 17.2 Å². The number of fused-ring (bicyclic) bond motifs is 1. The van der Waals surface area contributed by atoms with Crippen molar-refractivity contribution in [3.63, 3.8) is 0 Å². The molecule has 3 aromatic rings. The fourth-order valence-corrected chi connectivity index (χ4v) is 4.35. The summed E-state index contributed by atoms with van der Waals surface area (Å²) >= 11 is 1.45. The van der Waals surface area contributed by atoms with Gasteiger partial charge in [0.15, 0.2) is 16.6 Å². The number of carbonyl (C=O) groups is 1. The standard InChI is InChI=1S/C21H19N3O4S/c1-26-16-3-2-8-22-15(16)10-14-11-23-20(29-14)24-19(25)21(6-7-21)13-4-5-17-18(9-13)28-12-27-17/h2-5,8-9,11H,6-7,10,12H2,1H3,(H,23,24,25). The number of ether oxygens (including phenoxy) is 3. The molecule has 1 amide bonds. The molecule has 2 aromatic heterocycles. The Kier molecular flexibility index (Phi) is 4.35. The maximum absolute atomic E-state index is 13.0. The molecule has 1 fully saturated rings. The highest BCUT2D eigenvalue weighted by Gasteiger charge is 2.52. The van der Waals surface area contributed by atoms with Gasteiger partial charge in [-0.2, -0.15) is 0 Å². The topological polar surface area (TPSA) is 82.6 Å².